The zero-order chi connectivity index (χ0) is 13.9. The lowest BCUT2D eigenvalue weighted by atomic mass is 10.0. The number of nitrogens with one attached hydrogen (secondary N) is 3. The highest BCUT2D eigenvalue weighted by Gasteiger charge is 2.21. The largest absolute Gasteiger partial charge is 0.352 e. The van der Waals surface area contributed by atoms with E-state index in [1.54, 1.807) is 19.2 Å². The molecule has 1 amide bonds. The molecule has 0 fully saturated rings. The minimum Gasteiger partial charge on any atom is -0.352 e. The van der Waals surface area contributed by atoms with Crippen LogP contribution in [0.5, 0.6) is 0 Å². The SMILES string of the molecule is CNCCNS(=O)(=O)c1ccc2c(c1)C(=O)NCC2. The quantitative estimate of drug-likeness (QED) is 0.634. The summed E-state index contributed by atoms with van der Waals surface area (Å²) < 4.78 is 26.5. The van der Waals surface area contributed by atoms with Gasteiger partial charge in [0.05, 0.1) is 4.90 Å². The van der Waals surface area contributed by atoms with Crippen molar-refractivity contribution in [3.05, 3.63) is 29.3 Å². The molecule has 0 saturated heterocycles. The number of sulfonamides is 1. The molecule has 0 spiro atoms. The molecule has 7 heteroatoms. The van der Waals surface area contributed by atoms with Gasteiger partial charge in [-0.05, 0) is 31.2 Å². The first kappa shape index (κ1) is 14.0. The fraction of sp³-hybridized carbons (Fsp3) is 0.417. The van der Waals surface area contributed by atoms with Crippen molar-refractivity contribution in [3.63, 3.8) is 0 Å². The average Bonchev–Trinajstić information content (AvgIpc) is 2.39. The third kappa shape index (κ3) is 3.12. The molecule has 0 atom stereocenters. The van der Waals surface area contributed by atoms with Gasteiger partial charge in [-0.2, -0.15) is 0 Å². The molecule has 2 rings (SSSR count). The fourth-order valence-electron chi connectivity index (χ4n) is 1.95. The van der Waals surface area contributed by atoms with Crippen LogP contribution in [0.1, 0.15) is 15.9 Å². The van der Waals surface area contributed by atoms with E-state index in [9.17, 15) is 13.2 Å². The van der Waals surface area contributed by atoms with Gasteiger partial charge < -0.3 is 10.6 Å². The second-order valence-corrected chi connectivity index (χ2v) is 6.09. The normalized spacial score (nSPS) is 14.9. The van der Waals surface area contributed by atoms with Crippen molar-refractivity contribution in [2.45, 2.75) is 11.3 Å². The van der Waals surface area contributed by atoms with Gasteiger partial charge in [0.2, 0.25) is 10.0 Å². The third-order valence-corrected chi connectivity index (χ3v) is 4.44. The molecule has 0 bridgehead atoms. The topological polar surface area (TPSA) is 87.3 Å². The fourth-order valence-corrected chi connectivity index (χ4v) is 3.01. The minimum absolute atomic E-state index is 0.124. The van der Waals surface area contributed by atoms with Crippen LogP contribution >= 0.6 is 0 Å². The Labute approximate surface area is 112 Å². The Balaban J connectivity index is 2.26. The van der Waals surface area contributed by atoms with Gasteiger partial charge in [-0.1, -0.05) is 6.07 Å². The number of amides is 1. The number of carbonyl (C=O) groups excluding carboxylic acids is 1. The molecular weight excluding hydrogens is 266 g/mol. The highest BCUT2D eigenvalue weighted by molar-refractivity contribution is 7.89. The molecule has 104 valence electrons. The molecule has 1 aliphatic heterocycles. The van der Waals surface area contributed by atoms with E-state index in [-0.39, 0.29) is 10.8 Å². The Kier molecular flexibility index (Phi) is 4.18. The third-order valence-electron chi connectivity index (χ3n) is 2.98. The zero-order valence-electron chi connectivity index (χ0n) is 10.7. The zero-order valence-corrected chi connectivity index (χ0v) is 11.5. The van der Waals surface area contributed by atoms with Crippen LogP contribution < -0.4 is 15.4 Å². The van der Waals surface area contributed by atoms with Crippen molar-refractivity contribution in [1.82, 2.24) is 15.4 Å². The van der Waals surface area contributed by atoms with Crippen LogP contribution in [0.2, 0.25) is 0 Å². The van der Waals surface area contributed by atoms with Crippen molar-refractivity contribution in [3.8, 4) is 0 Å². The maximum absolute atomic E-state index is 12.0. The number of hydrogen-bond acceptors (Lipinski definition) is 4. The summed E-state index contributed by atoms with van der Waals surface area (Å²) in [4.78, 5) is 11.8. The first-order valence-electron chi connectivity index (χ1n) is 6.10. The maximum Gasteiger partial charge on any atom is 0.251 e. The van der Waals surface area contributed by atoms with E-state index in [2.05, 4.69) is 15.4 Å². The number of benzene rings is 1. The molecule has 1 aromatic carbocycles. The van der Waals surface area contributed by atoms with E-state index in [1.807, 2.05) is 0 Å². The number of likely N-dealkylation sites (N-methyl/N-ethyl adjacent to an activating group) is 1. The van der Waals surface area contributed by atoms with Gasteiger partial charge in [0.25, 0.3) is 5.91 Å². The molecule has 0 aromatic heterocycles. The van der Waals surface area contributed by atoms with Crippen LogP contribution in [-0.4, -0.2) is 41.0 Å². The summed E-state index contributed by atoms with van der Waals surface area (Å²) in [6.07, 6.45) is 0.731. The van der Waals surface area contributed by atoms with Gasteiger partial charge in [0, 0.05) is 25.2 Å². The summed E-state index contributed by atoms with van der Waals surface area (Å²) >= 11 is 0. The maximum atomic E-state index is 12.0. The second-order valence-electron chi connectivity index (χ2n) is 4.33. The Bertz CT molecular complexity index is 584. The van der Waals surface area contributed by atoms with Crippen LogP contribution in [0.3, 0.4) is 0 Å². The lowest BCUT2D eigenvalue weighted by Crippen LogP contribution is -2.33. The predicted octanol–water partition coefficient (Wildman–Crippen LogP) is -0.530. The Morgan fingerprint density at radius 1 is 1.32 bits per heavy atom. The van der Waals surface area contributed by atoms with Crippen molar-refractivity contribution in [2.75, 3.05) is 26.7 Å². The molecular formula is C12H17N3O3S. The van der Waals surface area contributed by atoms with E-state index in [4.69, 9.17) is 0 Å². The molecule has 3 N–H and O–H groups in total. The number of fused-ring (bicyclic) bond motifs is 1. The van der Waals surface area contributed by atoms with Gasteiger partial charge >= 0.3 is 0 Å². The minimum atomic E-state index is -3.56. The molecule has 0 aliphatic carbocycles. The molecule has 19 heavy (non-hydrogen) atoms. The molecule has 0 unspecified atom stereocenters. The van der Waals surface area contributed by atoms with E-state index >= 15 is 0 Å². The molecule has 1 aromatic rings. The Morgan fingerprint density at radius 2 is 2.11 bits per heavy atom. The monoisotopic (exact) mass is 283 g/mol. The van der Waals surface area contributed by atoms with Crippen LogP contribution in [0, 0.1) is 0 Å². The van der Waals surface area contributed by atoms with Crippen LogP contribution in [0.25, 0.3) is 0 Å². The van der Waals surface area contributed by atoms with E-state index in [0.29, 0.717) is 25.2 Å². The lowest BCUT2D eigenvalue weighted by molar-refractivity contribution is 0.0946. The van der Waals surface area contributed by atoms with Crippen LogP contribution in [0.4, 0.5) is 0 Å². The summed E-state index contributed by atoms with van der Waals surface area (Å²) in [6, 6.07) is 4.69. The first-order chi connectivity index (χ1) is 9.04. The van der Waals surface area contributed by atoms with Crippen LogP contribution in [-0.2, 0) is 16.4 Å². The van der Waals surface area contributed by atoms with Crippen molar-refractivity contribution < 1.29 is 13.2 Å². The average molecular weight is 283 g/mol. The van der Waals surface area contributed by atoms with E-state index in [0.717, 1.165) is 12.0 Å². The summed E-state index contributed by atoms with van der Waals surface area (Å²) in [5, 5.41) is 5.56. The van der Waals surface area contributed by atoms with Crippen molar-refractivity contribution in [2.24, 2.45) is 0 Å². The molecule has 6 nitrogen and oxygen atoms in total. The van der Waals surface area contributed by atoms with Gasteiger partial charge in [0.15, 0.2) is 0 Å². The lowest BCUT2D eigenvalue weighted by Gasteiger charge is -2.17. The van der Waals surface area contributed by atoms with E-state index < -0.39 is 10.0 Å². The summed E-state index contributed by atoms with van der Waals surface area (Å²) in [7, 11) is -1.81. The van der Waals surface area contributed by atoms with Gasteiger partial charge in [-0.25, -0.2) is 13.1 Å². The highest BCUT2D eigenvalue weighted by Crippen LogP contribution is 2.18. The van der Waals surface area contributed by atoms with Crippen LogP contribution in [0.15, 0.2) is 23.1 Å². The Hall–Kier alpha value is -1.44. The summed E-state index contributed by atoms with van der Waals surface area (Å²) in [5.74, 6) is -0.214. The Morgan fingerprint density at radius 3 is 2.84 bits per heavy atom. The molecule has 0 radical (unpaired) electrons. The van der Waals surface area contributed by atoms with Gasteiger partial charge in [-0.15, -0.1) is 0 Å². The predicted molar refractivity (Wildman–Crippen MR) is 71.6 cm³/mol. The molecule has 0 saturated carbocycles. The highest BCUT2D eigenvalue weighted by atomic mass is 32.2. The smallest absolute Gasteiger partial charge is 0.251 e. The standard InChI is InChI=1S/C12H17N3O3S/c1-13-6-7-15-19(17,18)10-3-2-9-4-5-14-12(16)11(9)8-10/h2-3,8,13,15H,4-7H2,1H3,(H,14,16). The van der Waals surface area contributed by atoms with Crippen molar-refractivity contribution in [1.29, 1.82) is 0 Å². The number of hydrogen-bond donors (Lipinski definition) is 3. The summed E-state index contributed by atoms with van der Waals surface area (Å²) in [6.45, 7) is 1.45. The molecule has 1 aliphatic rings. The van der Waals surface area contributed by atoms with E-state index in [1.165, 1.54) is 6.07 Å². The van der Waals surface area contributed by atoms with Gasteiger partial charge in [-0.3, -0.25) is 4.79 Å². The molecule has 1 heterocycles. The first-order valence-corrected chi connectivity index (χ1v) is 7.58. The summed E-state index contributed by atoms with van der Waals surface area (Å²) in [5.41, 5.74) is 1.33. The van der Waals surface area contributed by atoms with Crippen molar-refractivity contribution >= 4 is 15.9 Å². The second kappa shape index (κ2) is 5.68. The number of rotatable bonds is 5. The number of carbonyl (C=O) groups is 1. The van der Waals surface area contributed by atoms with Gasteiger partial charge in [0.1, 0.15) is 0 Å².